The summed E-state index contributed by atoms with van der Waals surface area (Å²) in [6.07, 6.45) is 1.15. The molecule has 0 radical (unpaired) electrons. The van der Waals surface area contributed by atoms with E-state index in [1.54, 1.807) is 24.3 Å². The predicted molar refractivity (Wildman–Crippen MR) is 86.0 cm³/mol. The van der Waals surface area contributed by atoms with Crippen molar-refractivity contribution in [3.8, 4) is 0 Å². The van der Waals surface area contributed by atoms with Gasteiger partial charge >= 0.3 is 5.63 Å². The van der Waals surface area contributed by atoms with Gasteiger partial charge in [-0.1, -0.05) is 6.92 Å². The molecule has 6 nitrogen and oxygen atoms in total. The molecule has 2 N–H and O–H groups in total. The van der Waals surface area contributed by atoms with Gasteiger partial charge in [0.25, 0.3) is 0 Å². The number of rotatable bonds is 5. The number of amides is 2. The molecule has 0 bridgehead atoms. The molecular formula is C17H18N2O4. The third kappa shape index (κ3) is 3.77. The second-order valence-electron chi connectivity index (χ2n) is 5.92. The first-order chi connectivity index (χ1) is 11.0. The molecule has 1 fully saturated rings. The molecular weight excluding hydrogens is 296 g/mol. The number of nitrogens with one attached hydrogen (secondary N) is 2. The molecule has 3 rings (SSSR count). The van der Waals surface area contributed by atoms with Crippen molar-refractivity contribution in [2.24, 2.45) is 11.8 Å². The Hall–Kier alpha value is -2.63. The molecule has 0 spiro atoms. The molecule has 0 saturated heterocycles. The van der Waals surface area contributed by atoms with Crippen LogP contribution in [0.25, 0.3) is 11.0 Å². The first kappa shape index (κ1) is 15.3. The summed E-state index contributed by atoms with van der Waals surface area (Å²) in [5, 5.41) is 6.28. The second-order valence-corrected chi connectivity index (χ2v) is 5.92. The summed E-state index contributed by atoms with van der Waals surface area (Å²) >= 11 is 0. The summed E-state index contributed by atoms with van der Waals surface area (Å²) in [6, 6.07) is 8.03. The highest BCUT2D eigenvalue weighted by Gasteiger charge is 2.38. The summed E-state index contributed by atoms with van der Waals surface area (Å²) in [5.74, 6) is 0.437. The Balaban J connectivity index is 1.52. The fourth-order valence-electron chi connectivity index (χ4n) is 2.49. The topological polar surface area (TPSA) is 88.4 Å². The van der Waals surface area contributed by atoms with Crippen LogP contribution in [-0.4, -0.2) is 18.4 Å². The lowest BCUT2D eigenvalue weighted by Gasteiger charge is -2.07. The molecule has 1 saturated carbocycles. The summed E-state index contributed by atoms with van der Waals surface area (Å²) in [5.41, 5.74) is 0.690. The van der Waals surface area contributed by atoms with Gasteiger partial charge in [0.05, 0.1) is 0 Å². The highest BCUT2D eigenvalue weighted by Crippen LogP contribution is 2.37. The zero-order valence-electron chi connectivity index (χ0n) is 12.8. The van der Waals surface area contributed by atoms with Gasteiger partial charge in [-0.15, -0.1) is 0 Å². The van der Waals surface area contributed by atoms with Gasteiger partial charge in [0, 0.05) is 36.0 Å². The molecule has 1 heterocycles. The Morgan fingerprint density at radius 3 is 2.78 bits per heavy atom. The Morgan fingerprint density at radius 2 is 2.04 bits per heavy atom. The number of benzene rings is 1. The van der Waals surface area contributed by atoms with Crippen LogP contribution in [0.15, 0.2) is 39.5 Å². The van der Waals surface area contributed by atoms with E-state index in [1.807, 2.05) is 6.92 Å². The lowest BCUT2D eigenvalue weighted by Crippen LogP contribution is -2.29. The minimum absolute atomic E-state index is 0.0334. The van der Waals surface area contributed by atoms with Crippen molar-refractivity contribution in [3.63, 3.8) is 0 Å². The van der Waals surface area contributed by atoms with E-state index >= 15 is 0 Å². The van der Waals surface area contributed by atoms with Gasteiger partial charge in [0.2, 0.25) is 11.8 Å². The molecule has 1 aromatic carbocycles. The predicted octanol–water partition coefficient (Wildman–Crippen LogP) is 1.89. The Labute approximate surface area is 132 Å². The fraction of sp³-hybridized carbons (Fsp3) is 0.353. The third-order valence-corrected chi connectivity index (χ3v) is 4.00. The van der Waals surface area contributed by atoms with Crippen LogP contribution in [0.1, 0.15) is 19.8 Å². The van der Waals surface area contributed by atoms with Crippen LogP contribution in [0.5, 0.6) is 0 Å². The van der Waals surface area contributed by atoms with Crippen LogP contribution in [0.3, 0.4) is 0 Å². The van der Waals surface area contributed by atoms with E-state index in [0.717, 1.165) is 11.8 Å². The zero-order valence-corrected chi connectivity index (χ0v) is 12.8. The van der Waals surface area contributed by atoms with Crippen LogP contribution in [0, 0.1) is 11.8 Å². The van der Waals surface area contributed by atoms with E-state index in [9.17, 15) is 14.4 Å². The van der Waals surface area contributed by atoms with Gasteiger partial charge in [-0.05, 0) is 36.6 Å². The van der Waals surface area contributed by atoms with Crippen LogP contribution in [-0.2, 0) is 9.59 Å². The van der Waals surface area contributed by atoms with Crippen molar-refractivity contribution in [3.05, 3.63) is 40.8 Å². The minimum Gasteiger partial charge on any atom is -0.423 e. The van der Waals surface area contributed by atoms with Crippen molar-refractivity contribution in [2.45, 2.75) is 19.8 Å². The normalized spacial score (nSPS) is 19.3. The number of hydrogen-bond acceptors (Lipinski definition) is 4. The minimum atomic E-state index is -0.407. The average molecular weight is 314 g/mol. The van der Waals surface area contributed by atoms with Gasteiger partial charge < -0.3 is 15.1 Å². The van der Waals surface area contributed by atoms with E-state index in [-0.39, 0.29) is 24.2 Å². The average Bonchev–Trinajstić information content (AvgIpc) is 3.24. The van der Waals surface area contributed by atoms with Crippen molar-refractivity contribution >= 4 is 28.5 Å². The van der Waals surface area contributed by atoms with E-state index in [2.05, 4.69) is 10.6 Å². The lowest BCUT2D eigenvalue weighted by atomic mass is 10.2. The van der Waals surface area contributed by atoms with Crippen LogP contribution < -0.4 is 16.3 Å². The lowest BCUT2D eigenvalue weighted by molar-refractivity contribution is -0.122. The van der Waals surface area contributed by atoms with Gasteiger partial charge in [-0.2, -0.15) is 0 Å². The summed E-state index contributed by atoms with van der Waals surface area (Å²) in [4.78, 5) is 34.7. The number of fused-ring (bicyclic) bond motifs is 1. The molecule has 1 aliphatic rings. The molecule has 6 heteroatoms. The van der Waals surface area contributed by atoms with E-state index in [0.29, 0.717) is 23.7 Å². The Kier molecular flexibility index (Phi) is 4.14. The quantitative estimate of drug-likeness (QED) is 0.825. The maximum Gasteiger partial charge on any atom is 0.336 e. The van der Waals surface area contributed by atoms with Crippen molar-refractivity contribution < 1.29 is 14.0 Å². The third-order valence-electron chi connectivity index (χ3n) is 4.00. The maximum atomic E-state index is 11.9. The fourth-order valence-corrected chi connectivity index (χ4v) is 2.49. The highest BCUT2D eigenvalue weighted by molar-refractivity contribution is 5.93. The molecule has 23 heavy (non-hydrogen) atoms. The molecule has 0 aliphatic heterocycles. The van der Waals surface area contributed by atoms with Crippen LogP contribution in [0.4, 0.5) is 5.69 Å². The van der Waals surface area contributed by atoms with Gasteiger partial charge in [-0.3, -0.25) is 9.59 Å². The van der Waals surface area contributed by atoms with E-state index in [4.69, 9.17) is 4.42 Å². The standard InChI is InChI=1S/C17H18N2O4/c1-10-8-13(10)17(22)18-7-6-15(20)19-12-3-4-14-11(9-12)2-5-16(21)23-14/h2-5,9-10,13H,6-8H2,1H3,(H,18,22)(H,19,20)/t10-,13-/m1/s1. The van der Waals surface area contributed by atoms with Gasteiger partial charge in [0.1, 0.15) is 5.58 Å². The van der Waals surface area contributed by atoms with E-state index in [1.165, 1.54) is 6.07 Å². The first-order valence-corrected chi connectivity index (χ1v) is 7.64. The Bertz CT molecular complexity index is 812. The largest absolute Gasteiger partial charge is 0.423 e. The van der Waals surface area contributed by atoms with Gasteiger partial charge in [0.15, 0.2) is 0 Å². The van der Waals surface area contributed by atoms with E-state index < -0.39 is 5.63 Å². The smallest absolute Gasteiger partial charge is 0.336 e. The van der Waals surface area contributed by atoms with Crippen molar-refractivity contribution in [1.29, 1.82) is 0 Å². The zero-order chi connectivity index (χ0) is 16.4. The summed E-state index contributed by atoms with van der Waals surface area (Å²) < 4.78 is 5.03. The highest BCUT2D eigenvalue weighted by atomic mass is 16.4. The SMILES string of the molecule is C[C@@H]1C[C@H]1C(=O)NCCC(=O)Nc1ccc2oc(=O)ccc2c1. The molecule has 120 valence electrons. The molecule has 2 atom stereocenters. The molecule has 2 amide bonds. The molecule has 0 unspecified atom stereocenters. The monoisotopic (exact) mass is 314 g/mol. The molecule has 2 aromatic rings. The number of anilines is 1. The molecule has 1 aliphatic carbocycles. The van der Waals surface area contributed by atoms with Gasteiger partial charge in [-0.25, -0.2) is 4.79 Å². The van der Waals surface area contributed by atoms with Crippen LogP contribution >= 0.6 is 0 Å². The molecule has 1 aromatic heterocycles. The van der Waals surface area contributed by atoms with Crippen molar-refractivity contribution in [1.82, 2.24) is 5.32 Å². The number of carbonyl (C=O) groups excluding carboxylic acids is 2. The number of hydrogen-bond donors (Lipinski definition) is 2. The first-order valence-electron chi connectivity index (χ1n) is 7.64. The van der Waals surface area contributed by atoms with Crippen molar-refractivity contribution in [2.75, 3.05) is 11.9 Å². The maximum absolute atomic E-state index is 11.9. The summed E-state index contributed by atoms with van der Waals surface area (Å²) in [7, 11) is 0. The second kappa shape index (κ2) is 6.24. The summed E-state index contributed by atoms with van der Waals surface area (Å²) in [6.45, 7) is 2.37. The van der Waals surface area contributed by atoms with Crippen LogP contribution in [0.2, 0.25) is 0 Å². The Morgan fingerprint density at radius 1 is 1.26 bits per heavy atom. The number of carbonyl (C=O) groups is 2.